The number of nitrogens with zero attached hydrogens (tertiary/aromatic N) is 2. The van der Waals surface area contributed by atoms with Crippen LogP contribution >= 0.6 is 0 Å². The molecule has 0 atom stereocenters. The zero-order valence-corrected chi connectivity index (χ0v) is 12.6. The SMILES string of the molecule is C.C.C.CC[n+]1ccc(-c2cc[n+](C)cc2)cc1.[Y]. The van der Waals surface area contributed by atoms with Gasteiger partial charge in [0.25, 0.3) is 0 Å². The molecule has 0 saturated heterocycles. The van der Waals surface area contributed by atoms with Crippen molar-refractivity contribution in [3.8, 4) is 11.1 Å². The Kier molecular flexibility index (Phi) is 13.9. The summed E-state index contributed by atoms with van der Waals surface area (Å²) in [6.07, 6.45) is 8.36. The molecule has 2 nitrogen and oxygen atoms in total. The molecule has 2 rings (SSSR count). The molecule has 3 heteroatoms. The van der Waals surface area contributed by atoms with Gasteiger partial charge in [0, 0.05) is 57.0 Å². The summed E-state index contributed by atoms with van der Waals surface area (Å²) >= 11 is 0. The van der Waals surface area contributed by atoms with Crippen LogP contribution in [-0.4, -0.2) is 0 Å². The maximum atomic E-state index is 2.16. The van der Waals surface area contributed by atoms with Crippen LogP contribution in [-0.2, 0) is 46.3 Å². The third kappa shape index (κ3) is 6.40. The number of hydrogen-bond acceptors (Lipinski definition) is 0. The van der Waals surface area contributed by atoms with E-state index in [2.05, 4.69) is 60.5 Å². The van der Waals surface area contributed by atoms with Gasteiger partial charge in [-0.25, -0.2) is 9.13 Å². The van der Waals surface area contributed by atoms with Crippen molar-refractivity contribution in [3.63, 3.8) is 0 Å². The van der Waals surface area contributed by atoms with Gasteiger partial charge in [0.1, 0.15) is 13.6 Å². The molecule has 19 heavy (non-hydrogen) atoms. The standard InChI is InChI=1S/C13H16N2.3CH4.Y/c1-3-15-10-6-13(7-11-15)12-4-8-14(2)9-5-12;;;;/h4-11H,3H2,1-2H3;3*1H4;/q+2;;;;. The van der Waals surface area contributed by atoms with E-state index < -0.39 is 0 Å². The molecule has 2 aromatic rings. The molecule has 0 saturated carbocycles. The molecule has 2 aromatic heterocycles. The van der Waals surface area contributed by atoms with Crippen LogP contribution in [0.2, 0.25) is 0 Å². The van der Waals surface area contributed by atoms with Gasteiger partial charge in [-0.05, 0) is 18.1 Å². The average molecular weight is 337 g/mol. The number of aromatic nitrogens is 2. The summed E-state index contributed by atoms with van der Waals surface area (Å²) in [5, 5.41) is 0. The van der Waals surface area contributed by atoms with Crippen molar-refractivity contribution in [2.75, 3.05) is 0 Å². The van der Waals surface area contributed by atoms with Gasteiger partial charge in [-0.2, -0.15) is 0 Å². The topological polar surface area (TPSA) is 7.76 Å². The van der Waals surface area contributed by atoms with Gasteiger partial charge in [-0.1, -0.05) is 22.3 Å². The van der Waals surface area contributed by atoms with E-state index in [0.29, 0.717) is 0 Å². The number of hydrogen-bond donors (Lipinski definition) is 0. The fraction of sp³-hybridized carbons (Fsp3) is 0.375. The smallest absolute Gasteiger partial charge is 0.169 e. The van der Waals surface area contributed by atoms with Crippen molar-refractivity contribution in [2.24, 2.45) is 7.05 Å². The molecule has 0 amide bonds. The van der Waals surface area contributed by atoms with Gasteiger partial charge in [-0.15, -0.1) is 0 Å². The van der Waals surface area contributed by atoms with Crippen molar-refractivity contribution in [1.82, 2.24) is 0 Å². The van der Waals surface area contributed by atoms with E-state index in [1.54, 1.807) is 0 Å². The first kappa shape index (κ1) is 23.5. The minimum absolute atomic E-state index is 0. The van der Waals surface area contributed by atoms with E-state index in [9.17, 15) is 0 Å². The monoisotopic (exact) mass is 337 g/mol. The van der Waals surface area contributed by atoms with Crippen molar-refractivity contribution < 1.29 is 41.8 Å². The Hall–Kier alpha value is -0.596. The third-order valence-corrected chi connectivity index (χ3v) is 2.57. The van der Waals surface area contributed by atoms with E-state index >= 15 is 0 Å². The van der Waals surface area contributed by atoms with Crippen LogP contribution in [0.5, 0.6) is 0 Å². The van der Waals surface area contributed by atoms with Crippen LogP contribution in [0.25, 0.3) is 11.1 Å². The Labute approximate surface area is 144 Å². The summed E-state index contributed by atoms with van der Waals surface area (Å²) in [6.45, 7) is 3.16. The molecule has 0 unspecified atom stereocenters. The maximum Gasteiger partial charge on any atom is 0.169 e. The predicted molar refractivity (Wildman–Crippen MR) is 79.1 cm³/mol. The van der Waals surface area contributed by atoms with Crippen molar-refractivity contribution in [2.45, 2.75) is 35.7 Å². The second-order valence-corrected chi connectivity index (χ2v) is 3.67. The molecular formula is C16H28N2Y+2. The van der Waals surface area contributed by atoms with E-state index in [1.165, 1.54) is 11.1 Å². The van der Waals surface area contributed by atoms with Crippen LogP contribution in [0.1, 0.15) is 29.2 Å². The summed E-state index contributed by atoms with van der Waals surface area (Å²) in [6, 6.07) is 8.56. The van der Waals surface area contributed by atoms with Crippen LogP contribution in [0.15, 0.2) is 49.1 Å². The van der Waals surface area contributed by atoms with Gasteiger partial charge >= 0.3 is 0 Å². The summed E-state index contributed by atoms with van der Waals surface area (Å²) in [5.74, 6) is 0. The molecule has 0 aliphatic heterocycles. The number of aryl methyl sites for hydroxylation is 2. The zero-order chi connectivity index (χ0) is 10.7. The van der Waals surface area contributed by atoms with Crippen molar-refractivity contribution in [3.05, 3.63) is 49.1 Å². The first-order valence-electron chi connectivity index (χ1n) is 5.24. The molecule has 0 fully saturated rings. The van der Waals surface area contributed by atoms with Crippen LogP contribution in [0.4, 0.5) is 0 Å². The number of rotatable bonds is 2. The number of pyridine rings is 2. The average Bonchev–Trinajstić information content (AvgIpc) is 2.30. The molecule has 0 aromatic carbocycles. The minimum Gasteiger partial charge on any atom is -0.208 e. The molecule has 0 N–H and O–H groups in total. The minimum atomic E-state index is 0. The quantitative estimate of drug-likeness (QED) is 0.742. The van der Waals surface area contributed by atoms with Crippen LogP contribution in [0.3, 0.4) is 0 Å². The van der Waals surface area contributed by atoms with Gasteiger partial charge < -0.3 is 0 Å². The summed E-state index contributed by atoms with van der Waals surface area (Å²) in [5.41, 5.74) is 2.52. The normalized spacial score (nSPS) is 8.11. The van der Waals surface area contributed by atoms with E-state index in [1.807, 2.05) is 11.6 Å². The molecule has 1 radical (unpaired) electrons. The Morgan fingerprint density at radius 2 is 1.16 bits per heavy atom. The molecular weight excluding hydrogens is 309 g/mol. The van der Waals surface area contributed by atoms with E-state index in [0.717, 1.165) is 6.54 Å². The molecule has 103 valence electrons. The third-order valence-electron chi connectivity index (χ3n) is 2.57. The van der Waals surface area contributed by atoms with E-state index in [-0.39, 0.29) is 55.0 Å². The first-order valence-corrected chi connectivity index (χ1v) is 5.24. The maximum absolute atomic E-state index is 2.16. The molecule has 0 bridgehead atoms. The Bertz CT molecular complexity index is 435. The first-order chi connectivity index (χ1) is 7.29. The van der Waals surface area contributed by atoms with Gasteiger partial charge in [-0.3, -0.25) is 0 Å². The molecule has 2 heterocycles. The van der Waals surface area contributed by atoms with Gasteiger partial charge in [0.15, 0.2) is 24.8 Å². The summed E-state index contributed by atoms with van der Waals surface area (Å²) < 4.78 is 4.20. The zero-order valence-electron chi connectivity index (χ0n) is 9.80. The Morgan fingerprint density at radius 3 is 1.53 bits per heavy atom. The predicted octanol–water partition coefficient (Wildman–Crippen LogP) is 3.39. The second kappa shape index (κ2) is 11.2. The fourth-order valence-corrected chi connectivity index (χ4v) is 1.55. The fourth-order valence-electron chi connectivity index (χ4n) is 1.55. The van der Waals surface area contributed by atoms with Gasteiger partial charge in [0.2, 0.25) is 0 Å². The largest absolute Gasteiger partial charge is 0.208 e. The van der Waals surface area contributed by atoms with Gasteiger partial charge in [0.05, 0.1) is 0 Å². The second-order valence-electron chi connectivity index (χ2n) is 3.67. The van der Waals surface area contributed by atoms with Crippen LogP contribution < -0.4 is 9.13 Å². The van der Waals surface area contributed by atoms with Crippen molar-refractivity contribution in [1.29, 1.82) is 0 Å². The van der Waals surface area contributed by atoms with Crippen molar-refractivity contribution >= 4 is 0 Å². The van der Waals surface area contributed by atoms with Crippen LogP contribution in [0, 0.1) is 0 Å². The molecule has 0 aliphatic rings. The molecule has 0 spiro atoms. The Morgan fingerprint density at radius 1 is 0.789 bits per heavy atom. The summed E-state index contributed by atoms with van der Waals surface area (Å²) in [4.78, 5) is 0. The van der Waals surface area contributed by atoms with E-state index in [4.69, 9.17) is 0 Å². The molecule has 0 aliphatic carbocycles. The summed E-state index contributed by atoms with van der Waals surface area (Å²) in [7, 11) is 2.03. The Balaban J connectivity index is -0.000000640.